The molecule has 0 radical (unpaired) electrons. The number of anilines is 1. The van der Waals surface area contributed by atoms with Crippen LogP contribution < -0.4 is 15.4 Å². The number of hydrogen-bond acceptors (Lipinski definition) is 4. The highest BCUT2D eigenvalue weighted by Crippen LogP contribution is 2.18. The molecule has 1 aliphatic heterocycles. The molecule has 1 fully saturated rings. The molecule has 0 saturated carbocycles. The number of nitrogens with zero attached hydrogens (tertiary/aromatic N) is 1. The molecule has 1 saturated heterocycles. The second-order valence-corrected chi connectivity index (χ2v) is 6.78. The molecule has 0 bridgehead atoms. The van der Waals surface area contributed by atoms with E-state index in [0.29, 0.717) is 24.1 Å². The van der Waals surface area contributed by atoms with Crippen molar-refractivity contribution in [2.75, 3.05) is 25.0 Å². The molecule has 0 aromatic heterocycles. The molecule has 0 aliphatic carbocycles. The molecule has 2 rings (SSSR count). The average Bonchev–Trinajstić information content (AvgIpc) is 3.02. The van der Waals surface area contributed by atoms with E-state index in [-0.39, 0.29) is 6.04 Å². The normalized spacial score (nSPS) is 17.4. The van der Waals surface area contributed by atoms with E-state index in [1.807, 2.05) is 6.92 Å². The Morgan fingerprint density at radius 3 is 2.76 bits per heavy atom. The first kappa shape index (κ1) is 19.0. The van der Waals surface area contributed by atoms with Gasteiger partial charge in [0.15, 0.2) is 0 Å². The molecule has 1 unspecified atom stereocenters. The maximum atomic E-state index is 12.1. The number of carbonyl (C=O) groups excluding carboxylic acids is 2. The monoisotopic (exact) mass is 345 g/mol. The molecule has 1 aromatic carbocycles. The maximum Gasteiger partial charge on any atom is 0.313 e. The lowest BCUT2D eigenvalue weighted by Gasteiger charge is -2.20. The third-order valence-corrected chi connectivity index (χ3v) is 4.07. The van der Waals surface area contributed by atoms with Gasteiger partial charge in [0.1, 0.15) is 12.4 Å². The molecule has 0 spiro atoms. The van der Waals surface area contributed by atoms with E-state index in [1.165, 1.54) is 0 Å². The van der Waals surface area contributed by atoms with Gasteiger partial charge < -0.3 is 15.4 Å². The number of ether oxygens (including phenoxy) is 1. The fourth-order valence-electron chi connectivity index (χ4n) is 2.68. The summed E-state index contributed by atoms with van der Waals surface area (Å²) in [5.41, 5.74) is 1.43. The van der Waals surface area contributed by atoms with Crippen LogP contribution in [0.4, 0.5) is 5.69 Å². The van der Waals surface area contributed by atoms with Gasteiger partial charge in [-0.05, 0) is 44.9 Å². The van der Waals surface area contributed by atoms with Crippen molar-refractivity contribution in [1.82, 2.24) is 10.2 Å². The summed E-state index contributed by atoms with van der Waals surface area (Å²) in [7, 11) is 0. The number of carbonyl (C=O) groups is 2. The first-order valence-corrected chi connectivity index (χ1v) is 8.58. The van der Waals surface area contributed by atoms with Crippen molar-refractivity contribution < 1.29 is 14.3 Å². The number of amides is 2. The maximum absolute atomic E-state index is 12.1. The Balaban J connectivity index is 1.86. The van der Waals surface area contributed by atoms with E-state index in [9.17, 15) is 9.59 Å². The van der Waals surface area contributed by atoms with Crippen LogP contribution in [-0.4, -0.2) is 48.5 Å². The second kappa shape index (κ2) is 8.67. The molecule has 1 aromatic rings. The van der Waals surface area contributed by atoms with E-state index in [1.54, 1.807) is 24.3 Å². The summed E-state index contributed by atoms with van der Waals surface area (Å²) in [4.78, 5) is 26.5. The van der Waals surface area contributed by atoms with Crippen LogP contribution in [0.1, 0.15) is 27.2 Å². The zero-order valence-corrected chi connectivity index (χ0v) is 15.2. The van der Waals surface area contributed by atoms with Crippen molar-refractivity contribution in [2.24, 2.45) is 0 Å². The van der Waals surface area contributed by atoms with Gasteiger partial charge in [-0.15, -0.1) is 0 Å². The van der Waals surface area contributed by atoms with Crippen molar-refractivity contribution in [3.8, 4) is 5.75 Å². The first-order valence-electron chi connectivity index (χ1n) is 8.58. The Bertz CT molecular complexity index is 643. The highest BCUT2D eigenvalue weighted by atomic mass is 16.5. The van der Waals surface area contributed by atoms with Gasteiger partial charge >= 0.3 is 11.8 Å². The molecule has 25 heavy (non-hydrogen) atoms. The topological polar surface area (TPSA) is 70.7 Å². The summed E-state index contributed by atoms with van der Waals surface area (Å²) in [5.74, 6) is -0.659. The van der Waals surface area contributed by atoms with Gasteiger partial charge in [0.05, 0.1) is 0 Å². The van der Waals surface area contributed by atoms with E-state index in [4.69, 9.17) is 4.74 Å². The smallest absolute Gasteiger partial charge is 0.313 e. The summed E-state index contributed by atoms with van der Waals surface area (Å²) in [6.07, 6.45) is 0.863. The van der Waals surface area contributed by atoms with Crippen LogP contribution >= 0.6 is 0 Å². The van der Waals surface area contributed by atoms with Crippen LogP contribution in [0.3, 0.4) is 0 Å². The van der Waals surface area contributed by atoms with Gasteiger partial charge in [0.2, 0.25) is 0 Å². The van der Waals surface area contributed by atoms with Crippen LogP contribution in [0.15, 0.2) is 36.4 Å². The summed E-state index contributed by atoms with van der Waals surface area (Å²) < 4.78 is 5.54. The molecule has 1 atom stereocenters. The number of benzene rings is 1. The molecule has 6 nitrogen and oxygen atoms in total. The molecule has 1 aliphatic rings. The Labute approximate surface area is 149 Å². The van der Waals surface area contributed by atoms with Crippen molar-refractivity contribution >= 4 is 17.5 Å². The van der Waals surface area contributed by atoms with Crippen molar-refractivity contribution in [3.05, 3.63) is 36.4 Å². The minimum absolute atomic E-state index is 0.0193. The molecule has 2 N–H and O–H groups in total. The third kappa shape index (κ3) is 5.90. The van der Waals surface area contributed by atoms with Gasteiger partial charge in [-0.2, -0.15) is 0 Å². The Morgan fingerprint density at radius 1 is 1.36 bits per heavy atom. The summed E-state index contributed by atoms with van der Waals surface area (Å²) in [6, 6.07) is 7.42. The Hall–Kier alpha value is -2.34. The fraction of sp³-hybridized carbons (Fsp3) is 0.474. The lowest BCUT2D eigenvalue weighted by Crippen LogP contribution is -2.43. The minimum Gasteiger partial charge on any atom is -0.489 e. The van der Waals surface area contributed by atoms with E-state index in [2.05, 4.69) is 36.0 Å². The van der Waals surface area contributed by atoms with Gasteiger partial charge in [0, 0.05) is 36.9 Å². The third-order valence-electron chi connectivity index (χ3n) is 4.07. The fourth-order valence-corrected chi connectivity index (χ4v) is 2.68. The molecule has 1 heterocycles. The molecule has 2 amide bonds. The first-order chi connectivity index (χ1) is 11.8. The average molecular weight is 345 g/mol. The lowest BCUT2D eigenvalue weighted by atomic mass is 10.2. The van der Waals surface area contributed by atoms with Gasteiger partial charge in [-0.3, -0.25) is 14.5 Å². The predicted octanol–water partition coefficient (Wildman–Crippen LogP) is 2.18. The van der Waals surface area contributed by atoms with Gasteiger partial charge in [-0.1, -0.05) is 12.6 Å². The van der Waals surface area contributed by atoms with E-state index in [0.717, 1.165) is 25.1 Å². The predicted molar refractivity (Wildman–Crippen MR) is 98.6 cm³/mol. The second-order valence-electron chi connectivity index (χ2n) is 6.78. The zero-order valence-electron chi connectivity index (χ0n) is 15.2. The van der Waals surface area contributed by atoms with Crippen LogP contribution in [0, 0.1) is 0 Å². The zero-order chi connectivity index (χ0) is 18.4. The van der Waals surface area contributed by atoms with Gasteiger partial charge in [-0.25, -0.2) is 0 Å². The standard InChI is InChI=1S/C19H27N3O3/c1-13(2)12-25-17-7-5-6-15(10-17)20-18(23)19(24)21-16-8-9-22(11-16)14(3)4/h5-7,10,14,16H,1,8-9,11-12H2,2-4H3,(H,20,23)(H,21,24). The summed E-state index contributed by atoms with van der Waals surface area (Å²) >= 11 is 0. The van der Waals surface area contributed by atoms with E-state index >= 15 is 0 Å². The number of hydrogen-bond donors (Lipinski definition) is 2. The van der Waals surface area contributed by atoms with Gasteiger partial charge in [0.25, 0.3) is 0 Å². The van der Waals surface area contributed by atoms with Crippen molar-refractivity contribution in [2.45, 2.75) is 39.3 Å². The molecule has 136 valence electrons. The molecular formula is C19H27N3O3. The largest absolute Gasteiger partial charge is 0.489 e. The van der Waals surface area contributed by atoms with Crippen molar-refractivity contribution in [1.29, 1.82) is 0 Å². The number of likely N-dealkylation sites (tertiary alicyclic amines) is 1. The molecular weight excluding hydrogens is 318 g/mol. The van der Waals surface area contributed by atoms with E-state index < -0.39 is 11.8 Å². The quantitative estimate of drug-likeness (QED) is 0.612. The SMILES string of the molecule is C=C(C)COc1cccc(NC(=O)C(=O)NC2CCN(C(C)C)C2)c1. The lowest BCUT2D eigenvalue weighted by molar-refractivity contribution is -0.136. The minimum atomic E-state index is -0.667. The Morgan fingerprint density at radius 2 is 2.12 bits per heavy atom. The van der Waals surface area contributed by atoms with Crippen LogP contribution in [0.25, 0.3) is 0 Å². The summed E-state index contributed by atoms with van der Waals surface area (Å²) in [6.45, 7) is 12.0. The number of rotatable bonds is 6. The summed E-state index contributed by atoms with van der Waals surface area (Å²) in [5, 5.41) is 5.41. The highest BCUT2D eigenvalue weighted by Gasteiger charge is 2.27. The van der Waals surface area contributed by atoms with Crippen LogP contribution in [0.5, 0.6) is 5.75 Å². The molecule has 6 heteroatoms. The highest BCUT2D eigenvalue weighted by molar-refractivity contribution is 6.39. The Kier molecular flexibility index (Phi) is 6.58. The number of nitrogens with one attached hydrogen (secondary N) is 2. The van der Waals surface area contributed by atoms with Crippen molar-refractivity contribution in [3.63, 3.8) is 0 Å². The van der Waals surface area contributed by atoms with Crippen LogP contribution in [-0.2, 0) is 9.59 Å². The van der Waals surface area contributed by atoms with Crippen LogP contribution in [0.2, 0.25) is 0 Å².